The van der Waals surface area contributed by atoms with Crippen molar-refractivity contribution in [3.63, 3.8) is 0 Å². The number of para-hydroxylation sites is 1. The Morgan fingerprint density at radius 2 is 1.84 bits per heavy atom. The number of H-pyrrole nitrogens is 1. The van der Waals surface area contributed by atoms with Crippen LogP contribution in [0.1, 0.15) is 29.6 Å². The molecule has 0 radical (unpaired) electrons. The van der Waals surface area contributed by atoms with Gasteiger partial charge in [-0.2, -0.15) is 10.2 Å². The lowest BCUT2D eigenvalue weighted by atomic mass is 9.97. The molecule has 2 aromatic carbocycles. The molecule has 0 bridgehead atoms. The molecule has 158 valence electrons. The van der Waals surface area contributed by atoms with E-state index >= 15 is 0 Å². The average molecular weight is 439 g/mol. The minimum absolute atomic E-state index is 0.237. The summed E-state index contributed by atoms with van der Waals surface area (Å²) in [4.78, 5) is 0. The number of anilines is 1. The van der Waals surface area contributed by atoms with E-state index in [9.17, 15) is 8.78 Å². The predicted molar refractivity (Wildman–Crippen MR) is 117 cm³/mol. The van der Waals surface area contributed by atoms with Gasteiger partial charge in [0.15, 0.2) is 10.6 Å². The fourth-order valence-corrected chi connectivity index (χ4v) is 4.35. The monoisotopic (exact) mass is 438 g/mol. The van der Waals surface area contributed by atoms with Gasteiger partial charge in [0.25, 0.3) is 6.43 Å². The van der Waals surface area contributed by atoms with Gasteiger partial charge in [0.1, 0.15) is 11.9 Å². The third-order valence-corrected chi connectivity index (χ3v) is 5.93. The molecule has 31 heavy (non-hydrogen) atoms. The lowest BCUT2D eigenvalue weighted by Gasteiger charge is -2.32. The van der Waals surface area contributed by atoms with Gasteiger partial charge in [0, 0.05) is 0 Å². The molecule has 0 unspecified atom stereocenters. The van der Waals surface area contributed by atoms with Crippen molar-refractivity contribution in [2.24, 2.45) is 0 Å². The fraction of sp³-hybridized carbons (Fsp3) is 0.227. The summed E-state index contributed by atoms with van der Waals surface area (Å²) in [6, 6.07) is 16.1. The lowest BCUT2D eigenvalue weighted by Crippen LogP contribution is -2.31. The minimum Gasteiger partial charge on any atom is -0.363 e. The normalized spacial score (nSPS) is 18.1. The van der Waals surface area contributed by atoms with E-state index in [1.54, 1.807) is 6.20 Å². The molecule has 1 aliphatic heterocycles. The Kier molecular flexibility index (Phi) is 4.90. The molecule has 2 N–H and O–H groups in total. The molecule has 5 rings (SSSR count). The highest BCUT2D eigenvalue weighted by Gasteiger charge is 2.36. The van der Waals surface area contributed by atoms with Crippen LogP contribution in [0.5, 0.6) is 0 Å². The number of aromatic nitrogens is 5. The van der Waals surface area contributed by atoms with Crippen molar-refractivity contribution in [2.45, 2.75) is 31.9 Å². The first-order valence-corrected chi connectivity index (χ1v) is 10.4. The van der Waals surface area contributed by atoms with Crippen molar-refractivity contribution in [1.29, 1.82) is 0 Å². The first kappa shape index (κ1) is 19.6. The zero-order valence-corrected chi connectivity index (χ0v) is 17.5. The highest BCUT2D eigenvalue weighted by Crippen LogP contribution is 2.42. The van der Waals surface area contributed by atoms with E-state index in [0.29, 0.717) is 22.0 Å². The largest absolute Gasteiger partial charge is 0.363 e. The van der Waals surface area contributed by atoms with Gasteiger partial charge in [-0.25, -0.2) is 13.5 Å². The SMILES string of the molecule is Cc1ccccc1-n1c(-c2cnn3c2N[C@@H](c2ccccc2)C[C@@H]3C(F)F)n[nH]c1=S. The van der Waals surface area contributed by atoms with Crippen LogP contribution in [0.3, 0.4) is 0 Å². The summed E-state index contributed by atoms with van der Waals surface area (Å²) in [7, 11) is 0. The van der Waals surface area contributed by atoms with Gasteiger partial charge in [-0.1, -0.05) is 48.5 Å². The van der Waals surface area contributed by atoms with Gasteiger partial charge < -0.3 is 5.32 Å². The number of fused-ring (bicyclic) bond motifs is 1. The highest BCUT2D eigenvalue weighted by molar-refractivity contribution is 7.71. The highest BCUT2D eigenvalue weighted by atomic mass is 32.1. The number of alkyl halides is 2. The van der Waals surface area contributed by atoms with Crippen LogP contribution >= 0.6 is 12.2 Å². The maximum atomic E-state index is 14.0. The summed E-state index contributed by atoms with van der Waals surface area (Å²) in [5, 5.41) is 15.0. The van der Waals surface area contributed by atoms with E-state index in [4.69, 9.17) is 12.2 Å². The summed E-state index contributed by atoms with van der Waals surface area (Å²) in [5.41, 5.74) is 3.45. The molecule has 0 saturated heterocycles. The molecule has 0 fully saturated rings. The first-order chi connectivity index (χ1) is 15.0. The Bertz CT molecular complexity index is 1280. The van der Waals surface area contributed by atoms with Gasteiger partial charge in [-0.15, -0.1) is 0 Å². The third kappa shape index (κ3) is 3.34. The van der Waals surface area contributed by atoms with Crippen molar-refractivity contribution >= 4 is 18.0 Å². The molecule has 3 heterocycles. The van der Waals surface area contributed by atoms with Crippen LogP contribution in [-0.2, 0) is 0 Å². The second kappa shape index (κ2) is 7.73. The molecule has 0 saturated carbocycles. The topological polar surface area (TPSA) is 63.5 Å². The van der Waals surface area contributed by atoms with Crippen molar-refractivity contribution in [1.82, 2.24) is 24.5 Å². The van der Waals surface area contributed by atoms with E-state index < -0.39 is 12.5 Å². The fourth-order valence-electron chi connectivity index (χ4n) is 4.12. The molecule has 2 atom stereocenters. The Balaban J connectivity index is 1.65. The number of benzene rings is 2. The van der Waals surface area contributed by atoms with Crippen molar-refractivity contribution < 1.29 is 8.78 Å². The van der Waals surface area contributed by atoms with E-state index in [0.717, 1.165) is 16.8 Å². The second-order valence-corrected chi connectivity index (χ2v) is 7.96. The number of halogens is 2. The van der Waals surface area contributed by atoms with Gasteiger partial charge in [0.05, 0.1) is 23.5 Å². The molecular formula is C22H20F2N6S. The maximum Gasteiger partial charge on any atom is 0.260 e. The molecular weight excluding hydrogens is 418 g/mol. The van der Waals surface area contributed by atoms with E-state index in [-0.39, 0.29) is 12.5 Å². The van der Waals surface area contributed by atoms with Gasteiger partial charge in [-0.05, 0) is 42.8 Å². The van der Waals surface area contributed by atoms with E-state index in [1.807, 2.05) is 66.1 Å². The summed E-state index contributed by atoms with van der Waals surface area (Å²) in [6.07, 6.45) is -0.734. The second-order valence-electron chi connectivity index (χ2n) is 7.57. The number of rotatable bonds is 4. The Morgan fingerprint density at radius 1 is 1.10 bits per heavy atom. The standard InChI is InChI=1S/C22H20F2N6S/c1-13-7-5-6-10-17(13)29-21(27-28-22(29)31)15-12-25-30-18(19(23)24)11-16(26-20(15)30)14-8-3-2-4-9-14/h2-10,12,16,18-19,26H,11H2,1H3,(H,28,31)/t16-,18-/m1/s1. The number of hydrogen-bond donors (Lipinski definition) is 2. The Hall–Kier alpha value is -3.33. The molecule has 0 amide bonds. The van der Waals surface area contributed by atoms with Crippen LogP contribution in [0.4, 0.5) is 14.6 Å². The van der Waals surface area contributed by atoms with Crippen LogP contribution < -0.4 is 5.32 Å². The number of nitrogens with zero attached hydrogens (tertiary/aromatic N) is 4. The molecule has 4 aromatic rings. The zero-order valence-electron chi connectivity index (χ0n) is 16.7. The predicted octanol–water partition coefficient (Wildman–Crippen LogP) is 5.46. The van der Waals surface area contributed by atoms with E-state index in [1.165, 1.54) is 4.68 Å². The minimum atomic E-state index is -2.54. The van der Waals surface area contributed by atoms with Gasteiger partial charge >= 0.3 is 0 Å². The number of nitrogens with one attached hydrogen (secondary N) is 2. The van der Waals surface area contributed by atoms with Gasteiger partial charge in [-0.3, -0.25) is 9.67 Å². The van der Waals surface area contributed by atoms with E-state index in [2.05, 4.69) is 20.6 Å². The Morgan fingerprint density at radius 3 is 2.58 bits per heavy atom. The lowest BCUT2D eigenvalue weighted by molar-refractivity contribution is 0.0659. The molecule has 0 spiro atoms. The number of hydrogen-bond acceptors (Lipinski definition) is 4. The first-order valence-electron chi connectivity index (χ1n) is 9.95. The zero-order chi connectivity index (χ0) is 21.5. The quantitative estimate of drug-likeness (QED) is 0.415. The van der Waals surface area contributed by atoms with Crippen LogP contribution in [-0.4, -0.2) is 31.0 Å². The summed E-state index contributed by atoms with van der Waals surface area (Å²) in [6.45, 7) is 1.98. The summed E-state index contributed by atoms with van der Waals surface area (Å²) in [5.74, 6) is 1.03. The molecule has 9 heteroatoms. The van der Waals surface area contributed by atoms with Crippen LogP contribution in [0.15, 0.2) is 60.8 Å². The van der Waals surface area contributed by atoms with Crippen molar-refractivity contribution in [3.8, 4) is 17.1 Å². The molecule has 2 aromatic heterocycles. The van der Waals surface area contributed by atoms with Crippen LogP contribution in [0.25, 0.3) is 17.1 Å². The van der Waals surface area contributed by atoms with Crippen molar-refractivity contribution in [3.05, 3.63) is 76.7 Å². The van der Waals surface area contributed by atoms with Crippen LogP contribution in [0.2, 0.25) is 0 Å². The Labute approximate surface area is 182 Å². The third-order valence-electron chi connectivity index (χ3n) is 5.66. The summed E-state index contributed by atoms with van der Waals surface area (Å²) < 4.78 is 31.5. The van der Waals surface area contributed by atoms with Crippen LogP contribution in [0, 0.1) is 11.7 Å². The average Bonchev–Trinajstić information content (AvgIpc) is 3.37. The molecule has 1 aliphatic rings. The summed E-state index contributed by atoms with van der Waals surface area (Å²) >= 11 is 5.48. The molecule has 0 aliphatic carbocycles. The number of aromatic amines is 1. The van der Waals surface area contributed by atoms with Gasteiger partial charge in [0.2, 0.25) is 0 Å². The smallest absolute Gasteiger partial charge is 0.260 e. The maximum absolute atomic E-state index is 14.0. The van der Waals surface area contributed by atoms with Crippen molar-refractivity contribution in [2.75, 3.05) is 5.32 Å². The number of aryl methyl sites for hydroxylation is 1. The molecule has 6 nitrogen and oxygen atoms in total.